The van der Waals surface area contributed by atoms with E-state index in [9.17, 15) is 15.0 Å². The molecule has 2 aromatic rings. The highest BCUT2D eigenvalue weighted by molar-refractivity contribution is 5.68. The Balaban J connectivity index is 1.77. The lowest BCUT2D eigenvalue weighted by Gasteiger charge is -2.17. The summed E-state index contributed by atoms with van der Waals surface area (Å²) >= 11 is 0. The van der Waals surface area contributed by atoms with Crippen LogP contribution in [0.5, 0.6) is 17.2 Å². The van der Waals surface area contributed by atoms with Gasteiger partial charge < -0.3 is 19.7 Å². The number of ether oxygens (including phenoxy) is 2. The molecule has 2 atom stereocenters. The predicted octanol–water partition coefficient (Wildman–Crippen LogP) is 3.91. The quantitative estimate of drug-likeness (QED) is 0.703. The minimum atomic E-state index is -0.910. The highest BCUT2D eigenvalue weighted by Gasteiger charge is 2.36. The number of hydrogen-bond acceptors (Lipinski definition) is 4. The van der Waals surface area contributed by atoms with E-state index in [0.29, 0.717) is 30.8 Å². The van der Waals surface area contributed by atoms with Crippen LogP contribution in [-0.2, 0) is 11.2 Å². The van der Waals surface area contributed by atoms with Crippen LogP contribution >= 0.6 is 0 Å². The van der Waals surface area contributed by atoms with Gasteiger partial charge in [-0.1, -0.05) is 24.3 Å². The molecule has 0 aromatic heterocycles. The van der Waals surface area contributed by atoms with E-state index >= 15 is 0 Å². The number of hydrogen-bond donors (Lipinski definition) is 2. The van der Waals surface area contributed by atoms with Gasteiger partial charge in [0.1, 0.15) is 23.4 Å². The Morgan fingerprint density at radius 1 is 1.27 bits per heavy atom. The molecule has 3 rings (SSSR count). The van der Waals surface area contributed by atoms with Gasteiger partial charge in [0.05, 0.1) is 13.0 Å². The lowest BCUT2D eigenvalue weighted by Crippen LogP contribution is -2.24. The molecule has 0 radical (unpaired) electrons. The summed E-state index contributed by atoms with van der Waals surface area (Å²) < 4.78 is 11.6. The second kappa shape index (κ2) is 7.95. The average molecular weight is 354 g/mol. The molecule has 1 aliphatic heterocycles. The molecule has 1 heterocycles. The SMILES string of the molecule is C=CCc1cc2c(cc1O)C(CCOc1ccccc1)C(CC(=O)O)O2. The van der Waals surface area contributed by atoms with Gasteiger partial charge in [0.25, 0.3) is 0 Å². The van der Waals surface area contributed by atoms with Crippen LogP contribution < -0.4 is 9.47 Å². The fourth-order valence-electron chi connectivity index (χ4n) is 3.30. The predicted molar refractivity (Wildman–Crippen MR) is 98.0 cm³/mol. The summed E-state index contributed by atoms with van der Waals surface area (Å²) in [5.41, 5.74) is 1.55. The number of fused-ring (bicyclic) bond motifs is 1. The number of allylic oxidation sites excluding steroid dienone is 1. The van der Waals surface area contributed by atoms with Gasteiger partial charge in [-0.25, -0.2) is 0 Å². The Hall–Kier alpha value is -2.95. The summed E-state index contributed by atoms with van der Waals surface area (Å²) in [4.78, 5) is 11.2. The van der Waals surface area contributed by atoms with Gasteiger partial charge in [-0.05, 0) is 37.1 Å². The Morgan fingerprint density at radius 3 is 2.73 bits per heavy atom. The van der Waals surface area contributed by atoms with E-state index in [2.05, 4.69) is 6.58 Å². The number of carbonyl (C=O) groups is 1. The van der Waals surface area contributed by atoms with Crippen LogP contribution in [0.2, 0.25) is 0 Å². The average Bonchev–Trinajstić information content (AvgIpc) is 2.92. The maximum Gasteiger partial charge on any atom is 0.307 e. The Bertz CT molecular complexity index is 784. The highest BCUT2D eigenvalue weighted by Crippen LogP contribution is 2.44. The van der Waals surface area contributed by atoms with Crippen molar-refractivity contribution in [1.82, 2.24) is 0 Å². The summed E-state index contributed by atoms with van der Waals surface area (Å²) in [5.74, 6) is 0.527. The molecule has 26 heavy (non-hydrogen) atoms. The van der Waals surface area contributed by atoms with Gasteiger partial charge in [0.2, 0.25) is 0 Å². The molecule has 5 nitrogen and oxygen atoms in total. The number of benzene rings is 2. The van der Waals surface area contributed by atoms with E-state index in [1.807, 2.05) is 30.3 Å². The monoisotopic (exact) mass is 354 g/mol. The maximum atomic E-state index is 11.2. The van der Waals surface area contributed by atoms with Crippen molar-refractivity contribution >= 4 is 5.97 Å². The molecule has 1 aliphatic rings. The van der Waals surface area contributed by atoms with Crippen LogP contribution in [0.3, 0.4) is 0 Å². The fraction of sp³-hybridized carbons (Fsp3) is 0.286. The van der Waals surface area contributed by atoms with Gasteiger partial charge >= 0.3 is 5.97 Å². The number of aromatic hydroxyl groups is 1. The number of phenols is 1. The van der Waals surface area contributed by atoms with Crippen molar-refractivity contribution in [3.63, 3.8) is 0 Å². The molecule has 0 fully saturated rings. The van der Waals surface area contributed by atoms with Crippen molar-refractivity contribution in [3.8, 4) is 17.2 Å². The van der Waals surface area contributed by atoms with Crippen molar-refractivity contribution < 1.29 is 24.5 Å². The third kappa shape index (κ3) is 3.99. The Labute approximate surface area is 152 Å². The number of carboxylic acid groups (broad SMARTS) is 1. The van der Waals surface area contributed by atoms with Crippen molar-refractivity contribution in [1.29, 1.82) is 0 Å². The van der Waals surface area contributed by atoms with Crippen molar-refractivity contribution in [2.75, 3.05) is 6.61 Å². The molecule has 0 bridgehead atoms. The topological polar surface area (TPSA) is 76.0 Å². The van der Waals surface area contributed by atoms with Crippen molar-refractivity contribution in [2.24, 2.45) is 0 Å². The van der Waals surface area contributed by atoms with Crippen molar-refractivity contribution in [2.45, 2.75) is 31.3 Å². The third-order valence-electron chi connectivity index (χ3n) is 4.52. The molecule has 0 saturated carbocycles. The fourth-order valence-corrected chi connectivity index (χ4v) is 3.30. The zero-order chi connectivity index (χ0) is 18.5. The van der Waals surface area contributed by atoms with E-state index in [-0.39, 0.29) is 18.1 Å². The zero-order valence-electron chi connectivity index (χ0n) is 14.4. The second-order valence-corrected chi connectivity index (χ2v) is 6.32. The van der Waals surface area contributed by atoms with E-state index in [4.69, 9.17) is 9.47 Å². The van der Waals surface area contributed by atoms with Crippen LogP contribution in [-0.4, -0.2) is 28.9 Å². The first-order valence-corrected chi connectivity index (χ1v) is 8.61. The van der Waals surface area contributed by atoms with E-state index in [1.165, 1.54) is 0 Å². The molecule has 2 aromatic carbocycles. The third-order valence-corrected chi connectivity index (χ3v) is 4.52. The van der Waals surface area contributed by atoms with Gasteiger partial charge in [-0.3, -0.25) is 4.79 Å². The number of para-hydroxylation sites is 1. The van der Waals surface area contributed by atoms with E-state index in [0.717, 1.165) is 11.3 Å². The molecular formula is C21H22O5. The number of rotatable bonds is 8. The van der Waals surface area contributed by atoms with Gasteiger partial charge in [0.15, 0.2) is 0 Å². The molecule has 2 unspecified atom stereocenters. The van der Waals surface area contributed by atoms with Crippen LogP contribution in [0.25, 0.3) is 0 Å². The molecule has 0 amide bonds. The molecular weight excluding hydrogens is 332 g/mol. The minimum absolute atomic E-state index is 0.0950. The molecule has 136 valence electrons. The molecule has 2 N–H and O–H groups in total. The molecule has 0 spiro atoms. The Morgan fingerprint density at radius 2 is 2.04 bits per heavy atom. The maximum absolute atomic E-state index is 11.2. The smallest absolute Gasteiger partial charge is 0.307 e. The summed E-state index contributed by atoms with van der Waals surface area (Å²) in [6.45, 7) is 4.12. The van der Waals surface area contributed by atoms with Crippen molar-refractivity contribution in [3.05, 3.63) is 66.2 Å². The summed E-state index contributed by atoms with van der Waals surface area (Å²) in [6.07, 6.45) is 2.26. The van der Waals surface area contributed by atoms with Crippen LogP contribution in [0, 0.1) is 0 Å². The first kappa shape index (κ1) is 17.9. The minimum Gasteiger partial charge on any atom is -0.508 e. The zero-order valence-corrected chi connectivity index (χ0v) is 14.4. The van der Waals surface area contributed by atoms with Gasteiger partial charge in [-0.2, -0.15) is 0 Å². The Kier molecular flexibility index (Phi) is 5.46. The summed E-state index contributed by atoms with van der Waals surface area (Å²) in [6, 6.07) is 12.9. The van der Waals surface area contributed by atoms with Crippen LogP contribution in [0.1, 0.15) is 29.9 Å². The number of phenolic OH excluding ortho intramolecular Hbond substituents is 1. The molecule has 0 saturated heterocycles. The standard InChI is InChI=1S/C21H22O5/c1-2-6-14-11-19-17(12-18(14)22)16(20(26-19)13-21(23)24)9-10-25-15-7-4-3-5-8-15/h2-5,7-8,11-12,16,20,22H,1,6,9-10,13H2,(H,23,24). The second-order valence-electron chi connectivity index (χ2n) is 6.32. The van der Waals surface area contributed by atoms with Gasteiger partial charge in [-0.15, -0.1) is 6.58 Å². The summed E-state index contributed by atoms with van der Waals surface area (Å²) in [7, 11) is 0. The number of carboxylic acids is 1. The van der Waals surface area contributed by atoms with Crippen LogP contribution in [0.15, 0.2) is 55.1 Å². The molecule has 0 aliphatic carbocycles. The van der Waals surface area contributed by atoms with Gasteiger partial charge in [0, 0.05) is 17.0 Å². The number of aliphatic carboxylic acids is 1. The largest absolute Gasteiger partial charge is 0.508 e. The van der Waals surface area contributed by atoms with Crippen LogP contribution in [0.4, 0.5) is 0 Å². The first-order chi connectivity index (χ1) is 12.6. The highest BCUT2D eigenvalue weighted by atomic mass is 16.5. The van der Waals surface area contributed by atoms with E-state index < -0.39 is 12.1 Å². The normalized spacial score (nSPS) is 18.0. The molecule has 5 heteroatoms. The van der Waals surface area contributed by atoms with E-state index in [1.54, 1.807) is 18.2 Å². The lowest BCUT2D eigenvalue weighted by atomic mass is 9.90. The summed E-state index contributed by atoms with van der Waals surface area (Å²) in [5, 5.41) is 19.4. The first-order valence-electron chi connectivity index (χ1n) is 8.61. The lowest BCUT2D eigenvalue weighted by molar-refractivity contribution is -0.138.